The predicted molar refractivity (Wildman–Crippen MR) is 68.9 cm³/mol. The van der Waals surface area contributed by atoms with Crippen LogP contribution < -0.4 is 4.74 Å². The van der Waals surface area contributed by atoms with Gasteiger partial charge in [-0.2, -0.15) is 11.8 Å². The van der Waals surface area contributed by atoms with Crippen LogP contribution in [-0.4, -0.2) is 36.4 Å². The van der Waals surface area contributed by atoms with Gasteiger partial charge in [-0.05, 0) is 17.7 Å². The standard InChI is InChI=1S/C13H13F3O3S/c14-13(15,16)19-10-3-1-9(2-4-10)7-11(17)12-8-20-6-5-18-12/h1-4,12H,5-8H2. The maximum Gasteiger partial charge on any atom is 0.573 e. The number of carbonyl (C=O) groups excluding carboxylic acids is 1. The van der Waals surface area contributed by atoms with E-state index < -0.39 is 12.5 Å². The normalized spacial score (nSPS) is 19.6. The Balaban J connectivity index is 1.91. The third-order valence-corrected chi connectivity index (χ3v) is 3.70. The van der Waals surface area contributed by atoms with E-state index in [-0.39, 0.29) is 18.0 Å². The van der Waals surface area contributed by atoms with Crippen LogP contribution in [0.2, 0.25) is 0 Å². The van der Waals surface area contributed by atoms with Gasteiger partial charge in [0.15, 0.2) is 5.78 Å². The Hall–Kier alpha value is -1.21. The molecule has 0 bridgehead atoms. The summed E-state index contributed by atoms with van der Waals surface area (Å²) in [5.74, 6) is 1.17. The van der Waals surface area contributed by atoms with E-state index in [0.717, 1.165) is 5.75 Å². The predicted octanol–water partition coefficient (Wildman–Crippen LogP) is 2.83. The molecule has 3 nitrogen and oxygen atoms in total. The molecule has 1 heterocycles. The minimum atomic E-state index is -4.70. The monoisotopic (exact) mass is 306 g/mol. The van der Waals surface area contributed by atoms with Crippen molar-refractivity contribution in [2.75, 3.05) is 18.1 Å². The zero-order valence-electron chi connectivity index (χ0n) is 10.5. The second-order valence-corrected chi connectivity index (χ2v) is 5.42. The van der Waals surface area contributed by atoms with E-state index in [4.69, 9.17) is 4.74 Å². The minimum Gasteiger partial charge on any atom is -0.406 e. The minimum absolute atomic E-state index is 0.0540. The van der Waals surface area contributed by atoms with Crippen molar-refractivity contribution in [1.29, 1.82) is 0 Å². The van der Waals surface area contributed by atoms with Crippen LogP contribution in [0.1, 0.15) is 5.56 Å². The summed E-state index contributed by atoms with van der Waals surface area (Å²) in [5, 5.41) is 0. The molecule has 0 aliphatic carbocycles. The number of hydrogen-bond donors (Lipinski definition) is 0. The molecule has 1 unspecified atom stereocenters. The van der Waals surface area contributed by atoms with Crippen LogP contribution in [0.4, 0.5) is 13.2 Å². The Kier molecular flexibility index (Phi) is 4.93. The first kappa shape index (κ1) is 15.2. The lowest BCUT2D eigenvalue weighted by atomic mass is 10.1. The van der Waals surface area contributed by atoms with E-state index in [9.17, 15) is 18.0 Å². The van der Waals surface area contributed by atoms with Gasteiger partial charge >= 0.3 is 6.36 Å². The average molecular weight is 306 g/mol. The van der Waals surface area contributed by atoms with Gasteiger partial charge in [0.2, 0.25) is 0 Å². The summed E-state index contributed by atoms with van der Waals surface area (Å²) in [6.07, 6.45) is -4.97. The zero-order valence-corrected chi connectivity index (χ0v) is 11.3. The number of thioether (sulfide) groups is 1. The lowest BCUT2D eigenvalue weighted by molar-refractivity contribution is -0.274. The van der Waals surface area contributed by atoms with Gasteiger partial charge in [-0.15, -0.1) is 13.2 Å². The van der Waals surface area contributed by atoms with E-state index in [2.05, 4.69) is 4.74 Å². The maximum atomic E-state index is 12.0. The van der Waals surface area contributed by atoms with Gasteiger partial charge < -0.3 is 9.47 Å². The summed E-state index contributed by atoms with van der Waals surface area (Å²) in [6.45, 7) is 0.555. The zero-order chi connectivity index (χ0) is 14.6. The number of ketones is 1. The number of carbonyl (C=O) groups is 1. The summed E-state index contributed by atoms with van der Waals surface area (Å²) < 4.78 is 45.1. The molecule has 7 heteroatoms. The number of halogens is 3. The summed E-state index contributed by atoms with van der Waals surface area (Å²) in [4.78, 5) is 11.9. The van der Waals surface area contributed by atoms with Crippen molar-refractivity contribution in [1.82, 2.24) is 0 Å². The molecule has 0 aromatic heterocycles. The lowest BCUT2D eigenvalue weighted by Crippen LogP contribution is -2.32. The number of benzene rings is 1. The molecule has 1 aliphatic heterocycles. The molecule has 2 rings (SSSR count). The van der Waals surface area contributed by atoms with Crippen LogP contribution in [0.3, 0.4) is 0 Å². The molecule has 0 amide bonds. The van der Waals surface area contributed by atoms with Crippen LogP contribution in [0.5, 0.6) is 5.75 Å². The van der Waals surface area contributed by atoms with Gasteiger partial charge in [0, 0.05) is 17.9 Å². The van der Waals surface area contributed by atoms with Crippen LogP contribution in [0.25, 0.3) is 0 Å². The van der Waals surface area contributed by atoms with Crippen molar-refractivity contribution in [2.45, 2.75) is 18.9 Å². The van der Waals surface area contributed by atoms with E-state index in [1.54, 1.807) is 11.8 Å². The van der Waals surface area contributed by atoms with E-state index in [0.29, 0.717) is 17.9 Å². The smallest absolute Gasteiger partial charge is 0.406 e. The van der Waals surface area contributed by atoms with Crippen LogP contribution in [0.15, 0.2) is 24.3 Å². The molecule has 0 radical (unpaired) electrons. The second kappa shape index (κ2) is 6.49. The fraction of sp³-hybridized carbons (Fsp3) is 0.462. The Morgan fingerprint density at radius 2 is 2.05 bits per heavy atom. The number of hydrogen-bond acceptors (Lipinski definition) is 4. The van der Waals surface area contributed by atoms with E-state index in [1.165, 1.54) is 24.3 Å². The molecule has 1 fully saturated rings. The highest BCUT2D eigenvalue weighted by Gasteiger charge is 2.31. The molecule has 0 N–H and O–H groups in total. The summed E-state index contributed by atoms with van der Waals surface area (Å²) in [7, 11) is 0. The van der Waals surface area contributed by atoms with Crippen molar-refractivity contribution in [2.24, 2.45) is 0 Å². The van der Waals surface area contributed by atoms with Gasteiger partial charge in [-0.25, -0.2) is 0 Å². The Labute approximate surface area is 118 Å². The summed E-state index contributed by atoms with van der Waals surface area (Å²) in [5.41, 5.74) is 0.642. The quantitative estimate of drug-likeness (QED) is 0.857. The van der Waals surface area contributed by atoms with E-state index >= 15 is 0 Å². The second-order valence-electron chi connectivity index (χ2n) is 4.27. The molecule has 1 aromatic rings. The molecule has 1 atom stereocenters. The molecule has 0 spiro atoms. The maximum absolute atomic E-state index is 12.0. The van der Waals surface area contributed by atoms with Gasteiger partial charge in [-0.3, -0.25) is 4.79 Å². The molecule has 110 valence electrons. The van der Waals surface area contributed by atoms with Gasteiger partial charge in [0.05, 0.1) is 6.61 Å². The van der Waals surface area contributed by atoms with Crippen molar-refractivity contribution in [3.63, 3.8) is 0 Å². The van der Waals surface area contributed by atoms with Crippen LogP contribution in [0, 0.1) is 0 Å². The fourth-order valence-electron chi connectivity index (χ4n) is 1.80. The van der Waals surface area contributed by atoms with E-state index in [1.807, 2.05) is 0 Å². The van der Waals surface area contributed by atoms with Crippen molar-refractivity contribution < 1.29 is 27.4 Å². The first-order chi connectivity index (χ1) is 9.44. The SMILES string of the molecule is O=C(Cc1ccc(OC(F)(F)F)cc1)C1CSCCO1. The highest BCUT2D eigenvalue weighted by Crippen LogP contribution is 2.23. The summed E-state index contributed by atoms with van der Waals surface area (Å²) in [6, 6.07) is 5.31. The van der Waals surface area contributed by atoms with Gasteiger partial charge in [0.1, 0.15) is 11.9 Å². The molecule has 20 heavy (non-hydrogen) atoms. The number of alkyl halides is 3. The number of rotatable bonds is 4. The largest absolute Gasteiger partial charge is 0.573 e. The first-order valence-corrected chi connectivity index (χ1v) is 7.16. The third kappa shape index (κ3) is 4.72. The highest BCUT2D eigenvalue weighted by molar-refractivity contribution is 7.99. The Morgan fingerprint density at radius 1 is 1.35 bits per heavy atom. The van der Waals surface area contributed by atoms with Crippen molar-refractivity contribution in [3.8, 4) is 5.75 Å². The molecule has 0 saturated carbocycles. The molecule has 1 saturated heterocycles. The lowest BCUT2D eigenvalue weighted by Gasteiger charge is -2.21. The molecular formula is C13H13F3O3S. The molecule has 1 aromatic carbocycles. The molecule has 1 aliphatic rings. The van der Waals surface area contributed by atoms with Gasteiger partial charge in [-0.1, -0.05) is 12.1 Å². The van der Waals surface area contributed by atoms with Gasteiger partial charge in [0.25, 0.3) is 0 Å². The Morgan fingerprint density at radius 3 is 2.60 bits per heavy atom. The number of Topliss-reactive ketones (excluding diaryl/α,β-unsaturated/α-hetero) is 1. The van der Waals surface area contributed by atoms with Crippen molar-refractivity contribution >= 4 is 17.5 Å². The van der Waals surface area contributed by atoms with Crippen LogP contribution in [-0.2, 0) is 16.0 Å². The third-order valence-electron chi connectivity index (χ3n) is 2.71. The average Bonchev–Trinajstić information content (AvgIpc) is 2.40. The first-order valence-electron chi connectivity index (χ1n) is 6.01. The number of ether oxygens (including phenoxy) is 2. The van der Waals surface area contributed by atoms with Crippen molar-refractivity contribution in [3.05, 3.63) is 29.8 Å². The Bertz CT molecular complexity index is 453. The molecular weight excluding hydrogens is 293 g/mol. The summed E-state index contributed by atoms with van der Waals surface area (Å²) >= 11 is 1.66. The topological polar surface area (TPSA) is 35.5 Å². The highest BCUT2D eigenvalue weighted by atomic mass is 32.2. The van der Waals surface area contributed by atoms with Crippen LogP contribution >= 0.6 is 11.8 Å². The fourth-order valence-corrected chi connectivity index (χ4v) is 2.67.